The molecule has 0 radical (unpaired) electrons. The van der Waals surface area contributed by atoms with E-state index in [1.807, 2.05) is 0 Å². The third kappa shape index (κ3) is 3.88. The Morgan fingerprint density at radius 2 is 1.93 bits per heavy atom. The zero-order chi connectivity index (χ0) is 21.9. The van der Waals surface area contributed by atoms with E-state index in [1.165, 1.54) is 6.08 Å². The number of carbonyl (C=O) groups is 1. The van der Waals surface area contributed by atoms with E-state index in [2.05, 4.69) is 10.4 Å². The highest BCUT2D eigenvalue weighted by atomic mass is 19.4. The molecule has 1 aromatic rings. The normalized spacial score (nSPS) is 33.4. The van der Waals surface area contributed by atoms with E-state index in [-0.39, 0.29) is 17.9 Å². The van der Waals surface area contributed by atoms with Crippen molar-refractivity contribution in [2.75, 3.05) is 6.67 Å². The van der Waals surface area contributed by atoms with Crippen molar-refractivity contribution >= 4 is 12.1 Å². The monoisotopic (exact) mass is 429 g/mol. The van der Waals surface area contributed by atoms with Crippen molar-refractivity contribution in [2.45, 2.75) is 63.8 Å². The molecule has 5 rings (SSSR count). The molecule has 2 atom stereocenters. The standard InChI is InChI=1S/C21H27F4N3O2/c1-19(2,11-22)3-4-28-17(21(23,24)25)15(10-26-28)18(29)27-16-13-5-12-6-14(16)9-20(30,7-12)8-13/h3-4,10,12-14,16,30H,5-9,11H2,1-2H3,(H,27,29)/b4-3+/t12?,13?,14?,16-,20-. The molecule has 2 unspecified atom stereocenters. The molecular formula is C21H27F4N3O2. The molecule has 166 valence electrons. The maximum absolute atomic E-state index is 13.7. The first kappa shape index (κ1) is 21.3. The van der Waals surface area contributed by atoms with Crippen molar-refractivity contribution in [3.05, 3.63) is 23.5 Å². The molecule has 0 aliphatic heterocycles. The van der Waals surface area contributed by atoms with Gasteiger partial charge >= 0.3 is 6.18 Å². The van der Waals surface area contributed by atoms with E-state index in [1.54, 1.807) is 13.8 Å². The Morgan fingerprint density at radius 1 is 1.30 bits per heavy atom. The van der Waals surface area contributed by atoms with Gasteiger partial charge in [0.25, 0.3) is 5.91 Å². The van der Waals surface area contributed by atoms with Gasteiger partial charge in [-0.25, -0.2) is 4.68 Å². The molecule has 30 heavy (non-hydrogen) atoms. The molecule has 0 spiro atoms. The summed E-state index contributed by atoms with van der Waals surface area (Å²) >= 11 is 0. The molecular weight excluding hydrogens is 402 g/mol. The third-order valence-electron chi connectivity index (χ3n) is 6.86. The molecule has 1 heterocycles. The van der Waals surface area contributed by atoms with E-state index in [4.69, 9.17) is 0 Å². The number of amides is 1. The smallest absolute Gasteiger partial charge is 0.390 e. The number of hydrogen-bond acceptors (Lipinski definition) is 3. The quantitative estimate of drug-likeness (QED) is 0.695. The van der Waals surface area contributed by atoms with Gasteiger partial charge in [0, 0.05) is 17.7 Å². The average molecular weight is 429 g/mol. The fourth-order valence-electron chi connectivity index (χ4n) is 5.69. The van der Waals surface area contributed by atoms with Gasteiger partial charge in [-0.05, 0) is 49.9 Å². The zero-order valence-electron chi connectivity index (χ0n) is 17.0. The number of allylic oxidation sites excluding steroid dienone is 1. The molecule has 4 aliphatic rings. The Kier molecular flexibility index (Phi) is 5.03. The van der Waals surface area contributed by atoms with Crippen LogP contribution in [0.3, 0.4) is 0 Å². The highest BCUT2D eigenvalue weighted by Crippen LogP contribution is 2.55. The van der Waals surface area contributed by atoms with Crippen LogP contribution in [0.4, 0.5) is 17.6 Å². The molecule has 1 amide bonds. The molecule has 0 saturated heterocycles. The Morgan fingerprint density at radius 3 is 2.47 bits per heavy atom. The number of carbonyl (C=O) groups excluding carboxylic acids is 1. The fraction of sp³-hybridized carbons (Fsp3) is 0.714. The Labute approximate surface area is 172 Å². The first-order valence-electron chi connectivity index (χ1n) is 10.3. The van der Waals surface area contributed by atoms with E-state index in [0.717, 1.165) is 31.7 Å². The minimum atomic E-state index is -4.80. The summed E-state index contributed by atoms with van der Waals surface area (Å²) in [4.78, 5) is 12.8. The van der Waals surface area contributed by atoms with Crippen molar-refractivity contribution in [1.29, 1.82) is 0 Å². The third-order valence-corrected chi connectivity index (χ3v) is 6.86. The molecule has 4 fully saturated rings. The Bertz CT molecular complexity index is 845. The minimum absolute atomic E-state index is 0.0832. The SMILES string of the molecule is CC(C)(/C=C/n1ncc(C(=O)N[C@H]2C3CC4CC2C[C@](O)(C4)C3)c1C(F)(F)F)CF. The largest absolute Gasteiger partial charge is 0.434 e. The lowest BCUT2D eigenvalue weighted by Gasteiger charge is -2.58. The number of aromatic nitrogens is 2. The topological polar surface area (TPSA) is 67.2 Å². The van der Waals surface area contributed by atoms with Crippen LogP contribution in [0.15, 0.2) is 12.3 Å². The second-order valence-electron chi connectivity index (χ2n) is 9.98. The fourth-order valence-corrected chi connectivity index (χ4v) is 5.69. The second kappa shape index (κ2) is 7.07. The van der Waals surface area contributed by atoms with Crippen LogP contribution in [0, 0.1) is 23.2 Å². The predicted molar refractivity (Wildman–Crippen MR) is 102 cm³/mol. The van der Waals surface area contributed by atoms with Gasteiger partial charge in [0.15, 0.2) is 5.69 Å². The van der Waals surface area contributed by atoms with Crippen LogP contribution < -0.4 is 5.32 Å². The van der Waals surface area contributed by atoms with Crippen LogP contribution >= 0.6 is 0 Å². The molecule has 1 aromatic heterocycles. The van der Waals surface area contributed by atoms with Gasteiger partial charge in [-0.1, -0.05) is 19.9 Å². The summed E-state index contributed by atoms with van der Waals surface area (Å²) in [6, 6.07) is -0.236. The summed E-state index contributed by atoms with van der Waals surface area (Å²) < 4.78 is 54.8. The Hall–Kier alpha value is -1.90. The van der Waals surface area contributed by atoms with Gasteiger partial charge in [-0.3, -0.25) is 9.18 Å². The number of nitrogens with zero attached hydrogens (tertiary/aromatic N) is 2. The number of alkyl halides is 4. The van der Waals surface area contributed by atoms with Gasteiger partial charge in [0.05, 0.1) is 24.0 Å². The molecule has 4 saturated carbocycles. The highest BCUT2D eigenvalue weighted by molar-refractivity contribution is 5.95. The number of rotatable bonds is 5. The Balaban J connectivity index is 1.57. The number of hydrogen-bond donors (Lipinski definition) is 2. The molecule has 2 N–H and O–H groups in total. The van der Waals surface area contributed by atoms with Crippen molar-refractivity contribution in [3.63, 3.8) is 0 Å². The summed E-state index contributed by atoms with van der Waals surface area (Å²) in [6.07, 6.45) is 2.18. The van der Waals surface area contributed by atoms with Crippen LogP contribution in [-0.4, -0.2) is 39.1 Å². The predicted octanol–water partition coefficient (Wildman–Crippen LogP) is 4.04. The molecule has 9 heteroatoms. The van der Waals surface area contributed by atoms with Crippen molar-refractivity contribution < 1.29 is 27.5 Å². The lowest BCUT2D eigenvalue weighted by molar-refractivity contribution is -0.143. The van der Waals surface area contributed by atoms with Gasteiger partial charge in [-0.2, -0.15) is 18.3 Å². The van der Waals surface area contributed by atoms with Crippen LogP contribution in [0.5, 0.6) is 0 Å². The summed E-state index contributed by atoms with van der Waals surface area (Å²) in [7, 11) is 0. The van der Waals surface area contributed by atoms with Gasteiger partial charge in [-0.15, -0.1) is 0 Å². The lowest BCUT2D eigenvalue weighted by atomic mass is 9.52. The van der Waals surface area contributed by atoms with Crippen molar-refractivity contribution in [2.24, 2.45) is 23.2 Å². The van der Waals surface area contributed by atoms with Crippen molar-refractivity contribution in [1.82, 2.24) is 15.1 Å². The number of nitrogens with one attached hydrogen (secondary N) is 1. The van der Waals surface area contributed by atoms with Crippen molar-refractivity contribution in [3.8, 4) is 0 Å². The maximum Gasteiger partial charge on any atom is 0.434 e. The van der Waals surface area contributed by atoms with Crippen LogP contribution in [0.1, 0.15) is 62.0 Å². The molecule has 4 aliphatic carbocycles. The summed E-state index contributed by atoms with van der Waals surface area (Å²) in [5.41, 5.74) is -3.35. The first-order chi connectivity index (χ1) is 13.9. The first-order valence-corrected chi connectivity index (χ1v) is 10.3. The molecule has 5 nitrogen and oxygen atoms in total. The van der Waals surface area contributed by atoms with Gasteiger partial charge in [0.1, 0.15) is 0 Å². The summed E-state index contributed by atoms with van der Waals surface area (Å²) in [5, 5.41) is 17.2. The van der Waals surface area contributed by atoms with E-state index in [9.17, 15) is 27.5 Å². The van der Waals surface area contributed by atoms with Crippen LogP contribution in [-0.2, 0) is 6.18 Å². The maximum atomic E-state index is 13.7. The van der Waals surface area contributed by atoms with Crippen LogP contribution in [0.2, 0.25) is 0 Å². The van der Waals surface area contributed by atoms with E-state index < -0.39 is 41.0 Å². The lowest BCUT2D eigenvalue weighted by Crippen LogP contribution is -2.61. The van der Waals surface area contributed by atoms with Crippen LogP contribution in [0.25, 0.3) is 6.20 Å². The average Bonchev–Trinajstić information content (AvgIpc) is 3.06. The minimum Gasteiger partial charge on any atom is -0.390 e. The number of aliphatic hydroxyl groups is 1. The zero-order valence-corrected chi connectivity index (χ0v) is 17.0. The molecule has 0 aromatic carbocycles. The van der Waals surface area contributed by atoms with E-state index >= 15 is 0 Å². The van der Waals surface area contributed by atoms with Gasteiger partial charge < -0.3 is 10.4 Å². The van der Waals surface area contributed by atoms with Gasteiger partial charge in [0.2, 0.25) is 0 Å². The second-order valence-corrected chi connectivity index (χ2v) is 9.98. The molecule has 4 bridgehead atoms. The summed E-state index contributed by atoms with van der Waals surface area (Å²) in [6.45, 7) is 2.36. The van der Waals surface area contributed by atoms with E-state index in [0.29, 0.717) is 23.4 Å². The number of halogens is 4. The summed E-state index contributed by atoms with van der Waals surface area (Å²) in [5.74, 6) is -0.214. The highest BCUT2D eigenvalue weighted by Gasteiger charge is 2.55.